The third-order valence-corrected chi connectivity index (χ3v) is 15.9. The molecule has 1 heterocycles. The van der Waals surface area contributed by atoms with Crippen molar-refractivity contribution in [3.05, 3.63) is 36.0 Å². The molecule has 0 spiro atoms. The summed E-state index contributed by atoms with van der Waals surface area (Å²) in [5.74, 6) is -2.43. The SMILES string of the molecule is CC[C@H](C)[C@H](NC(=O)[C@H](C)N)C(=O)[As]([C@@H](Cc1c[nH]c2ccccc12)C(O)CC(=O)O)C1(C(=O)OC(C)(C)C)CCCCC1. The molecule has 1 aliphatic rings. The monoisotopic (exact) mass is 675 g/mol. The van der Waals surface area contributed by atoms with E-state index in [4.69, 9.17) is 10.5 Å². The Labute approximate surface area is 265 Å². The Morgan fingerprint density at radius 3 is 2.32 bits per heavy atom. The van der Waals surface area contributed by atoms with Gasteiger partial charge in [-0.3, -0.25) is 0 Å². The van der Waals surface area contributed by atoms with Crippen LogP contribution in [0.15, 0.2) is 30.5 Å². The average Bonchev–Trinajstić information content (AvgIpc) is 3.36. The molecule has 6 N–H and O–H groups in total. The third kappa shape index (κ3) is 8.52. The van der Waals surface area contributed by atoms with E-state index in [1.165, 1.54) is 0 Å². The predicted octanol–water partition coefficient (Wildman–Crippen LogP) is 4.44. The molecule has 244 valence electrons. The molecule has 11 heteroatoms. The van der Waals surface area contributed by atoms with Crippen LogP contribution in [0.1, 0.15) is 92.1 Å². The van der Waals surface area contributed by atoms with Crippen molar-refractivity contribution >= 4 is 48.0 Å². The molecular weight excluding hydrogens is 625 g/mol. The minimum atomic E-state index is -3.37. The Kier molecular flexibility index (Phi) is 12.3. The first-order valence-electron chi connectivity index (χ1n) is 15.7. The molecule has 1 aromatic carbocycles. The zero-order valence-electron chi connectivity index (χ0n) is 26.9. The molecule has 1 aliphatic carbocycles. The Morgan fingerprint density at radius 2 is 1.75 bits per heavy atom. The molecule has 6 atom stereocenters. The fourth-order valence-corrected chi connectivity index (χ4v) is 14.2. The Bertz CT molecular complexity index is 1310. The quantitative estimate of drug-likeness (QED) is 0.144. The van der Waals surface area contributed by atoms with E-state index in [0.29, 0.717) is 32.1 Å². The van der Waals surface area contributed by atoms with E-state index in [9.17, 15) is 24.6 Å². The first-order valence-corrected chi connectivity index (χ1v) is 18.6. The number of aliphatic carboxylic acids is 1. The van der Waals surface area contributed by atoms with Gasteiger partial charge in [-0.1, -0.05) is 0 Å². The van der Waals surface area contributed by atoms with Crippen molar-refractivity contribution in [2.45, 2.75) is 126 Å². The van der Waals surface area contributed by atoms with Gasteiger partial charge in [-0.15, -0.1) is 0 Å². The van der Waals surface area contributed by atoms with Gasteiger partial charge in [0.2, 0.25) is 0 Å². The number of carbonyl (C=O) groups excluding carboxylic acids is 3. The molecular formula is C33H50AsN3O7. The van der Waals surface area contributed by atoms with Crippen LogP contribution in [0.4, 0.5) is 0 Å². The van der Waals surface area contributed by atoms with Gasteiger partial charge in [0, 0.05) is 0 Å². The number of para-hydroxylation sites is 1. The molecule has 44 heavy (non-hydrogen) atoms. The standard InChI is InChI=1S/C33H50AsN3O7/c1-7-20(2)28(37-30(42)21(3)35)29(41)34(33(15-11-8-12-16-33)31(43)44-32(4,5)6)24(26(38)18-27(39)40)17-22-19-36-25-14-10-9-13-23(22)25/h9-10,13-14,19-21,24,26,28,36,38H,7-8,11-12,15-18,35H2,1-6H3,(H,37,42)(H,39,40)/t20-,21-,24-,26?,28-,34?/m0/s1. The van der Waals surface area contributed by atoms with Gasteiger partial charge in [0.15, 0.2) is 0 Å². The first kappa shape index (κ1) is 35.8. The zero-order valence-corrected chi connectivity index (χ0v) is 28.8. The Hall–Kier alpha value is -2.68. The Balaban J connectivity index is 2.29. The van der Waals surface area contributed by atoms with E-state index in [2.05, 4.69) is 10.3 Å². The van der Waals surface area contributed by atoms with Crippen LogP contribution in [0, 0.1) is 5.92 Å². The molecule has 1 aromatic heterocycles. The topological polar surface area (TPSA) is 172 Å². The maximum atomic E-state index is 15.1. The number of carboxylic acids is 1. The van der Waals surface area contributed by atoms with E-state index in [0.717, 1.165) is 22.9 Å². The molecule has 1 amide bonds. The summed E-state index contributed by atoms with van der Waals surface area (Å²) in [4.78, 5) is 57.7. The fourth-order valence-electron chi connectivity index (χ4n) is 6.10. The molecule has 0 aliphatic heterocycles. The van der Waals surface area contributed by atoms with Crippen molar-refractivity contribution in [1.29, 1.82) is 0 Å². The van der Waals surface area contributed by atoms with Gasteiger partial charge in [-0.05, 0) is 0 Å². The van der Waals surface area contributed by atoms with E-state index in [1.807, 2.05) is 44.3 Å². The van der Waals surface area contributed by atoms with E-state index < -0.39 is 71.6 Å². The van der Waals surface area contributed by atoms with E-state index in [-0.39, 0.29) is 16.9 Å². The number of hydrogen-bond acceptors (Lipinski definition) is 7. The number of carboxylic acid groups (broad SMARTS) is 1. The first-order chi connectivity index (χ1) is 20.6. The number of rotatable bonds is 14. The normalized spacial score (nSPS) is 19.3. The van der Waals surface area contributed by atoms with Gasteiger partial charge >= 0.3 is 266 Å². The number of aliphatic hydroxyl groups excluding tert-OH is 1. The maximum absolute atomic E-state index is 15.1. The third-order valence-electron chi connectivity index (χ3n) is 8.61. The molecule has 0 bridgehead atoms. The summed E-state index contributed by atoms with van der Waals surface area (Å²) in [6.07, 6.45) is 3.74. The fraction of sp³-hybridized carbons (Fsp3) is 0.636. The zero-order chi connectivity index (χ0) is 32.8. The number of H-pyrrole nitrogens is 1. The van der Waals surface area contributed by atoms with Gasteiger partial charge < -0.3 is 0 Å². The molecule has 10 nitrogen and oxygen atoms in total. The number of carbonyl (C=O) groups is 4. The van der Waals surface area contributed by atoms with Crippen LogP contribution in [-0.4, -0.2) is 76.1 Å². The number of aromatic nitrogens is 1. The molecule has 1 fully saturated rings. The Morgan fingerprint density at radius 1 is 1.11 bits per heavy atom. The number of ether oxygens (including phenoxy) is 1. The summed E-state index contributed by atoms with van der Waals surface area (Å²) in [5.41, 5.74) is 6.78. The number of aromatic amines is 1. The van der Waals surface area contributed by atoms with E-state index >= 15 is 4.79 Å². The van der Waals surface area contributed by atoms with Gasteiger partial charge in [-0.2, -0.15) is 0 Å². The summed E-state index contributed by atoms with van der Waals surface area (Å²) in [6.45, 7) is 10.7. The molecule has 0 radical (unpaired) electrons. The molecule has 2 unspecified atom stereocenters. The summed E-state index contributed by atoms with van der Waals surface area (Å²) in [7, 11) is 0. The molecule has 3 rings (SSSR count). The van der Waals surface area contributed by atoms with Gasteiger partial charge in [-0.25, -0.2) is 0 Å². The summed E-state index contributed by atoms with van der Waals surface area (Å²) in [5, 5.41) is 25.3. The van der Waals surface area contributed by atoms with Crippen LogP contribution in [0.3, 0.4) is 0 Å². The van der Waals surface area contributed by atoms with Crippen LogP contribution in [-0.2, 0) is 30.3 Å². The second kappa shape index (κ2) is 15.1. The summed E-state index contributed by atoms with van der Waals surface area (Å²) >= 11 is -3.37. The van der Waals surface area contributed by atoms with Crippen LogP contribution in [0.25, 0.3) is 10.9 Å². The van der Waals surface area contributed by atoms with Crippen LogP contribution < -0.4 is 11.1 Å². The molecule has 2 aromatic rings. The van der Waals surface area contributed by atoms with Crippen LogP contribution >= 0.6 is 0 Å². The van der Waals surface area contributed by atoms with Crippen LogP contribution in [0.2, 0.25) is 8.91 Å². The van der Waals surface area contributed by atoms with Gasteiger partial charge in [0.1, 0.15) is 0 Å². The number of aliphatic hydroxyl groups is 1. The number of amides is 1. The number of esters is 1. The molecule has 0 saturated heterocycles. The van der Waals surface area contributed by atoms with Crippen molar-refractivity contribution < 1.29 is 34.1 Å². The van der Waals surface area contributed by atoms with Crippen molar-refractivity contribution in [3.63, 3.8) is 0 Å². The minimum absolute atomic E-state index is 0.198. The van der Waals surface area contributed by atoms with Crippen LogP contribution in [0.5, 0.6) is 0 Å². The van der Waals surface area contributed by atoms with Crippen molar-refractivity contribution in [1.82, 2.24) is 10.3 Å². The number of benzene rings is 1. The summed E-state index contributed by atoms with van der Waals surface area (Å²) < 4.78 is 3.78. The van der Waals surface area contributed by atoms with Crippen molar-refractivity contribution in [3.8, 4) is 0 Å². The second-order valence-corrected chi connectivity index (χ2v) is 18.9. The number of hydrogen-bond donors (Lipinski definition) is 5. The number of nitrogens with two attached hydrogens (primary N) is 1. The van der Waals surface area contributed by atoms with Crippen molar-refractivity contribution in [2.24, 2.45) is 11.7 Å². The number of fused-ring (bicyclic) bond motifs is 1. The molecule has 1 saturated carbocycles. The van der Waals surface area contributed by atoms with Crippen molar-refractivity contribution in [2.75, 3.05) is 0 Å². The average molecular weight is 676 g/mol. The number of nitrogens with one attached hydrogen (secondary N) is 2. The second-order valence-electron chi connectivity index (χ2n) is 13.3. The van der Waals surface area contributed by atoms with Gasteiger partial charge in [0.05, 0.1) is 0 Å². The summed E-state index contributed by atoms with van der Waals surface area (Å²) in [6, 6.07) is 5.86. The van der Waals surface area contributed by atoms with E-state index in [1.54, 1.807) is 27.7 Å². The predicted molar refractivity (Wildman–Crippen MR) is 171 cm³/mol. The van der Waals surface area contributed by atoms with Gasteiger partial charge in [0.25, 0.3) is 0 Å².